The summed E-state index contributed by atoms with van der Waals surface area (Å²) in [6, 6.07) is 13.7. The van der Waals surface area contributed by atoms with Gasteiger partial charge in [0.05, 0.1) is 0 Å². The second-order valence-corrected chi connectivity index (χ2v) is 7.70. The molecule has 0 spiro atoms. The van der Waals surface area contributed by atoms with Crippen LogP contribution in [-0.4, -0.2) is 35.4 Å². The average molecular weight is 396 g/mol. The summed E-state index contributed by atoms with van der Waals surface area (Å²) in [6.45, 7) is 2.47. The Kier molecular flexibility index (Phi) is 6.76. The predicted octanol–water partition coefficient (Wildman–Crippen LogP) is 3.68. The number of aromatic amines is 1. The summed E-state index contributed by atoms with van der Waals surface area (Å²) in [5.41, 5.74) is 5.25. The molecular formula is C22H25N3O2S. The van der Waals surface area contributed by atoms with Crippen molar-refractivity contribution in [1.82, 2.24) is 10.3 Å². The normalized spacial score (nSPS) is 10.8. The number of nitrogens with one attached hydrogen (secondary N) is 3. The number of aryl methyl sites for hydroxylation is 2. The maximum absolute atomic E-state index is 12.1. The first-order valence-electron chi connectivity index (χ1n) is 9.31. The molecule has 28 heavy (non-hydrogen) atoms. The zero-order valence-electron chi connectivity index (χ0n) is 16.2. The minimum absolute atomic E-state index is 0.404. The third kappa shape index (κ3) is 4.95. The summed E-state index contributed by atoms with van der Waals surface area (Å²) in [6.07, 6.45) is 5.69. The van der Waals surface area contributed by atoms with E-state index in [1.165, 1.54) is 16.5 Å². The predicted molar refractivity (Wildman–Crippen MR) is 117 cm³/mol. The van der Waals surface area contributed by atoms with Gasteiger partial charge in [0, 0.05) is 29.3 Å². The minimum atomic E-state index is -0.646. The van der Waals surface area contributed by atoms with E-state index in [0.717, 1.165) is 23.3 Å². The zero-order chi connectivity index (χ0) is 19.9. The van der Waals surface area contributed by atoms with Gasteiger partial charge in [-0.15, -0.1) is 0 Å². The smallest absolute Gasteiger partial charge is 0.313 e. The van der Waals surface area contributed by atoms with Gasteiger partial charge in [-0.3, -0.25) is 9.59 Å². The van der Waals surface area contributed by atoms with E-state index in [0.29, 0.717) is 18.7 Å². The molecule has 1 heterocycles. The van der Waals surface area contributed by atoms with Gasteiger partial charge in [-0.05, 0) is 66.7 Å². The fourth-order valence-corrected chi connectivity index (χ4v) is 3.64. The van der Waals surface area contributed by atoms with Crippen molar-refractivity contribution in [2.75, 3.05) is 23.9 Å². The first-order valence-corrected chi connectivity index (χ1v) is 10.7. The van der Waals surface area contributed by atoms with Crippen molar-refractivity contribution in [1.29, 1.82) is 0 Å². The Bertz CT molecular complexity index is 964. The quantitative estimate of drug-likeness (QED) is 0.534. The van der Waals surface area contributed by atoms with E-state index >= 15 is 0 Å². The van der Waals surface area contributed by atoms with Gasteiger partial charge in [0.2, 0.25) is 0 Å². The molecule has 0 saturated carbocycles. The molecular weight excluding hydrogens is 370 g/mol. The van der Waals surface area contributed by atoms with E-state index in [4.69, 9.17) is 0 Å². The lowest BCUT2D eigenvalue weighted by molar-refractivity contribution is -0.136. The zero-order valence-corrected chi connectivity index (χ0v) is 17.0. The molecule has 3 aromatic rings. The van der Waals surface area contributed by atoms with Gasteiger partial charge >= 0.3 is 11.8 Å². The fraction of sp³-hybridized carbons (Fsp3) is 0.273. The maximum Gasteiger partial charge on any atom is 0.313 e. The standard InChI is InChI=1S/C22H25N3O2S/c1-15-4-3-5-19-20(15)17(14-24-19)10-12-23-21(26)22(27)25-18-8-6-16(7-9-18)11-13-28-2/h3-9,14,24H,10-13H2,1-2H3,(H,23,26)(H,25,27). The van der Waals surface area contributed by atoms with Crippen molar-refractivity contribution in [2.24, 2.45) is 0 Å². The van der Waals surface area contributed by atoms with Crippen LogP contribution in [-0.2, 0) is 22.4 Å². The number of fused-ring (bicyclic) bond motifs is 1. The number of benzene rings is 2. The molecule has 0 radical (unpaired) electrons. The topological polar surface area (TPSA) is 74.0 Å². The summed E-state index contributed by atoms with van der Waals surface area (Å²) < 4.78 is 0. The average Bonchev–Trinajstić information content (AvgIpc) is 3.12. The lowest BCUT2D eigenvalue weighted by atomic mass is 10.1. The van der Waals surface area contributed by atoms with E-state index in [2.05, 4.69) is 34.9 Å². The molecule has 1 aromatic heterocycles. The molecule has 3 rings (SSSR count). The van der Waals surface area contributed by atoms with Gasteiger partial charge in [0.15, 0.2) is 0 Å². The van der Waals surface area contributed by atoms with Crippen LogP contribution in [0.3, 0.4) is 0 Å². The first-order chi connectivity index (χ1) is 13.6. The van der Waals surface area contributed by atoms with Crippen LogP contribution in [0.5, 0.6) is 0 Å². The highest BCUT2D eigenvalue weighted by atomic mass is 32.2. The largest absolute Gasteiger partial charge is 0.361 e. The number of aromatic nitrogens is 1. The van der Waals surface area contributed by atoms with Crippen LogP contribution in [0.25, 0.3) is 10.9 Å². The number of carbonyl (C=O) groups is 2. The molecule has 0 bridgehead atoms. The number of H-pyrrole nitrogens is 1. The van der Waals surface area contributed by atoms with Crippen molar-refractivity contribution in [3.8, 4) is 0 Å². The highest BCUT2D eigenvalue weighted by Crippen LogP contribution is 2.22. The van der Waals surface area contributed by atoms with Gasteiger partial charge < -0.3 is 15.6 Å². The molecule has 3 N–H and O–H groups in total. The van der Waals surface area contributed by atoms with Crippen molar-refractivity contribution in [3.05, 3.63) is 65.4 Å². The van der Waals surface area contributed by atoms with Crippen molar-refractivity contribution in [2.45, 2.75) is 19.8 Å². The molecule has 0 aliphatic rings. The Morgan fingerprint density at radius 1 is 1.04 bits per heavy atom. The number of hydrogen-bond donors (Lipinski definition) is 3. The SMILES string of the molecule is CSCCc1ccc(NC(=O)C(=O)NCCc2c[nH]c3cccc(C)c23)cc1. The van der Waals surface area contributed by atoms with E-state index in [9.17, 15) is 9.59 Å². The van der Waals surface area contributed by atoms with E-state index in [1.807, 2.05) is 42.6 Å². The second-order valence-electron chi connectivity index (χ2n) is 6.71. The molecule has 0 atom stereocenters. The molecule has 146 valence electrons. The highest BCUT2D eigenvalue weighted by Gasteiger charge is 2.14. The second kappa shape index (κ2) is 9.46. The van der Waals surface area contributed by atoms with Crippen molar-refractivity contribution < 1.29 is 9.59 Å². The molecule has 5 nitrogen and oxygen atoms in total. The Hall–Kier alpha value is -2.73. The van der Waals surface area contributed by atoms with Gasteiger partial charge in [-0.2, -0.15) is 11.8 Å². The Balaban J connectivity index is 1.49. The van der Waals surface area contributed by atoms with Crippen molar-refractivity contribution in [3.63, 3.8) is 0 Å². The number of rotatable bonds is 7. The molecule has 0 aliphatic heterocycles. The molecule has 6 heteroatoms. The lowest BCUT2D eigenvalue weighted by Crippen LogP contribution is -2.36. The van der Waals surface area contributed by atoms with Gasteiger partial charge in [0.1, 0.15) is 0 Å². The number of carbonyl (C=O) groups excluding carboxylic acids is 2. The van der Waals surface area contributed by atoms with Crippen LogP contribution in [0.1, 0.15) is 16.7 Å². The summed E-state index contributed by atoms with van der Waals surface area (Å²) in [5.74, 6) is -0.209. The van der Waals surface area contributed by atoms with E-state index < -0.39 is 11.8 Å². The van der Waals surface area contributed by atoms with Crippen LogP contribution >= 0.6 is 11.8 Å². The summed E-state index contributed by atoms with van der Waals surface area (Å²) in [7, 11) is 0. The summed E-state index contributed by atoms with van der Waals surface area (Å²) >= 11 is 1.80. The fourth-order valence-electron chi connectivity index (χ4n) is 3.20. The molecule has 0 aliphatic carbocycles. The Morgan fingerprint density at radius 3 is 2.57 bits per heavy atom. The first kappa shape index (κ1) is 20.0. The van der Waals surface area contributed by atoms with Crippen molar-refractivity contribution >= 4 is 40.2 Å². The maximum atomic E-state index is 12.1. The van der Waals surface area contributed by atoms with Crippen LogP contribution in [0.4, 0.5) is 5.69 Å². The number of amides is 2. The lowest BCUT2D eigenvalue weighted by Gasteiger charge is -2.08. The molecule has 2 amide bonds. The Morgan fingerprint density at radius 2 is 1.82 bits per heavy atom. The minimum Gasteiger partial charge on any atom is -0.361 e. The molecule has 0 unspecified atom stereocenters. The van der Waals surface area contributed by atoms with Gasteiger partial charge in [-0.25, -0.2) is 0 Å². The molecule has 2 aromatic carbocycles. The monoisotopic (exact) mass is 395 g/mol. The van der Waals surface area contributed by atoms with E-state index in [1.54, 1.807) is 11.8 Å². The van der Waals surface area contributed by atoms with Crippen LogP contribution < -0.4 is 10.6 Å². The van der Waals surface area contributed by atoms with Crippen LogP contribution in [0.15, 0.2) is 48.7 Å². The number of anilines is 1. The number of thioether (sulfide) groups is 1. The highest BCUT2D eigenvalue weighted by molar-refractivity contribution is 7.98. The van der Waals surface area contributed by atoms with Crippen LogP contribution in [0, 0.1) is 6.92 Å². The molecule has 0 saturated heterocycles. The van der Waals surface area contributed by atoms with E-state index in [-0.39, 0.29) is 0 Å². The number of hydrogen-bond acceptors (Lipinski definition) is 3. The van der Waals surface area contributed by atoms with Crippen LogP contribution in [0.2, 0.25) is 0 Å². The summed E-state index contributed by atoms with van der Waals surface area (Å²) in [5, 5.41) is 6.52. The Labute approximate surface area is 169 Å². The third-order valence-electron chi connectivity index (χ3n) is 4.69. The third-order valence-corrected chi connectivity index (χ3v) is 5.30. The van der Waals surface area contributed by atoms with Gasteiger partial charge in [-0.1, -0.05) is 24.3 Å². The molecule has 0 fully saturated rings. The summed E-state index contributed by atoms with van der Waals surface area (Å²) in [4.78, 5) is 27.4. The van der Waals surface area contributed by atoms with Gasteiger partial charge in [0.25, 0.3) is 0 Å².